The van der Waals surface area contributed by atoms with Gasteiger partial charge in [0.05, 0.1) is 6.54 Å². The van der Waals surface area contributed by atoms with Crippen LogP contribution in [0.1, 0.15) is 55.2 Å². The minimum Gasteiger partial charge on any atom is -0.508 e. The molecule has 1 saturated heterocycles. The molecule has 0 spiro atoms. The fraction of sp³-hybridized carbons (Fsp3) is 0.414. The van der Waals surface area contributed by atoms with Gasteiger partial charge in [0.2, 0.25) is 5.91 Å². The first kappa shape index (κ1) is 21.8. The van der Waals surface area contributed by atoms with Crippen LogP contribution in [0.15, 0.2) is 66.8 Å². The number of allylic oxidation sites excluding steroid dienone is 4. The van der Waals surface area contributed by atoms with Crippen LogP contribution >= 0.6 is 0 Å². The maximum absolute atomic E-state index is 11.8. The zero-order chi connectivity index (χ0) is 22.8. The number of aryl methyl sites for hydroxylation is 1. The molecular formula is C29H33NO3. The van der Waals surface area contributed by atoms with Gasteiger partial charge in [0.25, 0.3) is 0 Å². The molecule has 2 aliphatic carbocycles. The van der Waals surface area contributed by atoms with Gasteiger partial charge in [-0.05, 0) is 78.0 Å². The van der Waals surface area contributed by atoms with E-state index >= 15 is 0 Å². The van der Waals surface area contributed by atoms with Crippen molar-refractivity contribution in [1.29, 1.82) is 0 Å². The zero-order valence-electron chi connectivity index (χ0n) is 19.4. The van der Waals surface area contributed by atoms with Crippen molar-refractivity contribution in [2.24, 2.45) is 11.3 Å². The van der Waals surface area contributed by atoms with Crippen molar-refractivity contribution in [3.8, 4) is 11.5 Å². The SMILES string of the molecule is CC1([C@H]2CCc3cc(O)ccc3[C@H]2c2ccc(OCCN3CCCC3=O)cc2)C=CC=CC1. The van der Waals surface area contributed by atoms with Crippen molar-refractivity contribution < 1.29 is 14.6 Å². The van der Waals surface area contributed by atoms with Gasteiger partial charge in [0.1, 0.15) is 18.1 Å². The van der Waals surface area contributed by atoms with E-state index in [1.54, 1.807) is 0 Å². The van der Waals surface area contributed by atoms with E-state index in [1.807, 2.05) is 17.0 Å². The van der Waals surface area contributed by atoms with Gasteiger partial charge in [-0.3, -0.25) is 4.79 Å². The summed E-state index contributed by atoms with van der Waals surface area (Å²) in [6.45, 7) is 4.41. The number of amides is 1. The van der Waals surface area contributed by atoms with Crippen molar-refractivity contribution in [1.82, 2.24) is 4.90 Å². The van der Waals surface area contributed by atoms with E-state index in [4.69, 9.17) is 4.74 Å². The number of nitrogens with zero attached hydrogens (tertiary/aromatic N) is 1. The molecule has 1 N–H and O–H groups in total. The summed E-state index contributed by atoms with van der Waals surface area (Å²) in [4.78, 5) is 13.7. The molecular weight excluding hydrogens is 410 g/mol. The number of benzene rings is 2. The zero-order valence-corrected chi connectivity index (χ0v) is 19.4. The van der Waals surface area contributed by atoms with Crippen molar-refractivity contribution in [3.63, 3.8) is 0 Å². The third kappa shape index (κ3) is 4.44. The summed E-state index contributed by atoms with van der Waals surface area (Å²) in [5, 5.41) is 10.1. The molecule has 2 aromatic rings. The Hall–Kier alpha value is -3.01. The molecule has 0 saturated carbocycles. The van der Waals surface area contributed by atoms with Gasteiger partial charge in [-0.25, -0.2) is 0 Å². The first-order valence-electron chi connectivity index (χ1n) is 12.2. The number of fused-ring (bicyclic) bond motifs is 1. The molecule has 1 fully saturated rings. The second-order valence-corrected chi connectivity index (χ2v) is 9.91. The van der Waals surface area contributed by atoms with E-state index < -0.39 is 0 Å². The summed E-state index contributed by atoms with van der Waals surface area (Å²) in [5.74, 6) is 2.17. The van der Waals surface area contributed by atoms with Crippen molar-refractivity contribution in [2.75, 3.05) is 19.7 Å². The van der Waals surface area contributed by atoms with Crippen LogP contribution in [0.25, 0.3) is 0 Å². The molecule has 2 aromatic carbocycles. The first-order chi connectivity index (χ1) is 16.0. The molecule has 0 aromatic heterocycles. The predicted octanol–water partition coefficient (Wildman–Crippen LogP) is 5.61. The van der Waals surface area contributed by atoms with Gasteiger partial charge in [0, 0.05) is 18.9 Å². The summed E-state index contributed by atoms with van der Waals surface area (Å²) < 4.78 is 5.96. The third-order valence-corrected chi connectivity index (χ3v) is 7.76. The molecule has 4 nitrogen and oxygen atoms in total. The molecule has 33 heavy (non-hydrogen) atoms. The van der Waals surface area contributed by atoms with Crippen LogP contribution in [0, 0.1) is 11.3 Å². The molecule has 172 valence electrons. The van der Waals surface area contributed by atoms with Crippen LogP contribution in [0.3, 0.4) is 0 Å². The number of aromatic hydroxyl groups is 1. The number of rotatable bonds is 6. The lowest BCUT2D eigenvalue weighted by Gasteiger charge is -2.44. The lowest BCUT2D eigenvalue weighted by Crippen LogP contribution is -2.35. The quantitative estimate of drug-likeness (QED) is 0.631. The highest BCUT2D eigenvalue weighted by atomic mass is 16.5. The van der Waals surface area contributed by atoms with E-state index in [2.05, 4.69) is 61.6 Å². The average molecular weight is 444 g/mol. The molecule has 3 atom stereocenters. The first-order valence-corrected chi connectivity index (χ1v) is 12.2. The highest BCUT2D eigenvalue weighted by Gasteiger charge is 2.41. The molecule has 5 rings (SSSR count). The molecule has 1 amide bonds. The second-order valence-electron chi connectivity index (χ2n) is 9.91. The highest BCUT2D eigenvalue weighted by molar-refractivity contribution is 5.78. The normalized spacial score (nSPS) is 26.5. The second kappa shape index (κ2) is 9.09. The number of phenols is 1. The van der Waals surface area contributed by atoms with Crippen LogP contribution in [0.5, 0.6) is 11.5 Å². The summed E-state index contributed by atoms with van der Waals surface area (Å²) in [7, 11) is 0. The van der Waals surface area contributed by atoms with Crippen LogP contribution in [-0.4, -0.2) is 35.6 Å². The Morgan fingerprint density at radius 1 is 1.12 bits per heavy atom. The maximum Gasteiger partial charge on any atom is 0.222 e. The van der Waals surface area contributed by atoms with Gasteiger partial charge in [-0.1, -0.05) is 49.4 Å². The molecule has 1 aliphatic heterocycles. The van der Waals surface area contributed by atoms with Gasteiger partial charge >= 0.3 is 0 Å². The molecule has 3 aliphatic rings. The molecule has 1 heterocycles. The Kier molecular flexibility index (Phi) is 6.01. The average Bonchev–Trinajstić information content (AvgIpc) is 3.23. The van der Waals surface area contributed by atoms with Crippen LogP contribution in [0.4, 0.5) is 0 Å². The molecule has 1 unspecified atom stereocenters. The standard InChI is InChI=1S/C29H33NO3/c1-29(15-3-2-4-16-29)26-14-9-22-20-23(31)10-13-25(22)28(26)21-7-11-24(12-8-21)33-19-18-30-17-5-6-27(30)32/h2-4,7-8,10-13,15,20,26,28,31H,5-6,9,14,16-19H2,1H3/t26-,28+,29?/m0/s1. The van der Waals surface area contributed by atoms with E-state index in [-0.39, 0.29) is 17.2 Å². The molecule has 0 radical (unpaired) electrons. The number of hydrogen-bond acceptors (Lipinski definition) is 3. The maximum atomic E-state index is 11.8. The number of likely N-dealkylation sites (tertiary alicyclic amines) is 1. The molecule has 4 heteroatoms. The van der Waals surface area contributed by atoms with E-state index in [0.29, 0.717) is 31.2 Å². The van der Waals surface area contributed by atoms with E-state index in [1.165, 1.54) is 16.7 Å². The Morgan fingerprint density at radius 2 is 1.97 bits per heavy atom. The lowest BCUT2D eigenvalue weighted by atomic mass is 9.59. The predicted molar refractivity (Wildman–Crippen MR) is 131 cm³/mol. The number of phenolic OH excluding ortho intramolecular Hbond substituents is 1. The van der Waals surface area contributed by atoms with Crippen molar-refractivity contribution in [2.45, 2.75) is 44.9 Å². The smallest absolute Gasteiger partial charge is 0.222 e. The van der Waals surface area contributed by atoms with E-state index in [9.17, 15) is 9.90 Å². The summed E-state index contributed by atoms with van der Waals surface area (Å²) >= 11 is 0. The van der Waals surface area contributed by atoms with Gasteiger partial charge in [0.15, 0.2) is 0 Å². The van der Waals surface area contributed by atoms with Crippen LogP contribution in [0.2, 0.25) is 0 Å². The topological polar surface area (TPSA) is 49.8 Å². The van der Waals surface area contributed by atoms with Gasteiger partial charge in [-0.15, -0.1) is 0 Å². The number of hydrogen-bond donors (Lipinski definition) is 1. The Balaban J connectivity index is 1.38. The molecule has 0 bridgehead atoms. The number of carbonyl (C=O) groups is 1. The van der Waals surface area contributed by atoms with Crippen LogP contribution < -0.4 is 4.74 Å². The number of carbonyl (C=O) groups excluding carboxylic acids is 1. The summed E-state index contributed by atoms with van der Waals surface area (Å²) in [6, 6.07) is 14.4. The van der Waals surface area contributed by atoms with Crippen molar-refractivity contribution in [3.05, 3.63) is 83.5 Å². The summed E-state index contributed by atoms with van der Waals surface area (Å²) in [5.41, 5.74) is 3.98. The largest absolute Gasteiger partial charge is 0.508 e. The summed E-state index contributed by atoms with van der Waals surface area (Å²) in [6.07, 6.45) is 13.8. The van der Waals surface area contributed by atoms with Crippen molar-refractivity contribution >= 4 is 5.91 Å². The fourth-order valence-corrected chi connectivity index (χ4v) is 5.93. The van der Waals surface area contributed by atoms with Gasteiger partial charge in [-0.2, -0.15) is 0 Å². The Bertz CT molecular complexity index is 1070. The third-order valence-electron chi connectivity index (χ3n) is 7.76. The van der Waals surface area contributed by atoms with Gasteiger partial charge < -0.3 is 14.7 Å². The minimum atomic E-state index is 0.104. The highest BCUT2D eigenvalue weighted by Crippen LogP contribution is 2.52. The monoisotopic (exact) mass is 443 g/mol. The Labute approximate surface area is 196 Å². The lowest BCUT2D eigenvalue weighted by molar-refractivity contribution is -0.128. The van der Waals surface area contributed by atoms with Crippen LogP contribution in [-0.2, 0) is 11.2 Å². The Morgan fingerprint density at radius 3 is 2.70 bits per heavy atom. The number of ether oxygens (including phenoxy) is 1. The fourth-order valence-electron chi connectivity index (χ4n) is 5.93. The minimum absolute atomic E-state index is 0.104. The van der Waals surface area contributed by atoms with E-state index in [0.717, 1.165) is 38.0 Å².